The van der Waals surface area contributed by atoms with E-state index in [9.17, 15) is 4.79 Å². The number of carbonyl (C=O) groups is 1. The first-order chi connectivity index (χ1) is 12.2. The Kier molecular flexibility index (Phi) is 6.04. The van der Waals surface area contributed by atoms with Crippen LogP contribution in [0, 0.1) is 11.3 Å². The number of methoxy groups -OCH3 is 2. The highest BCUT2D eigenvalue weighted by atomic mass is 16.5. The Labute approximate surface area is 150 Å². The zero-order valence-electron chi connectivity index (χ0n) is 15.3. The smallest absolute Gasteiger partial charge is 0.253 e. The molecule has 1 atom stereocenters. The highest BCUT2D eigenvalue weighted by Crippen LogP contribution is 2.44. The minimum atomic E-state index is 0.120. The fourth-order valence-electron chi connectivity index (χ4n) is 4.36. The first-order valence-electron chi connectivity index (χ1n) is 9.08. The molecule has 0 aliphatic carbocycles. The van der Waals surface area contributed by atoms with Crippen LogP contribution in [0.5, 0.6) is 0 Å². The first-order valence-corrected chi connectivity index (χ1v) is 9.08. The third-order valence-electron chi connectivity index (χ3n) is 5.84. The summed E-state index contributed by atoms with van der Waals surface area (Å²) in [5, 5.41) is 0. The van der Waals surface area contributed by atoms with Gasteiger partial charge in [-0.05, 0) is 30.4 Å². The molecule has 1 aromatic rings. The highest BCUT2D eigenvalue weighted by molar-refractivity contribution is 5.94. The molecule has 1 spiro atoms. The lowest BCUT2D eigenvalue weighted by Crippen LogP contribution is -2.47. The lowest BCUT2D eigenvalue weighted by molar-refractivity contribution is 0.0321. The molecule has 25 heavy (non-hydrogen) atoms. The summed E-state index contributed by atoms with van der Waals surface area (Å²) in [6.45, 7) is 6.32. The van der Waals surface area contributed by atoms with Crippen LogP contribution >= 0.6 is 0 Å². The average Bonchev–Trinajstić information content (AvgIpc) is 2.98. The van der Waals surface area contributed by atoms with Crippen molar-refractivity contribution in [1.29, 1.82) is 0 Å². The number of hydrogen-bond acceptors (Lipinski definition) is 5. The molecule has 1 aromatic heterocycles. The topological polar surface area (TPSA) is 54.9 Å². The minimum absolute atomic E-state index is 0.120. The predicted molar refractivity (Wildman–Crippen MR) is 95.5 cm³/mol. The monoisotopic (exact) mass is 347 g/mol. The molecule has 0 N–H and O–H groups in total. The largest absolute Gasteiger partial charge is 0.384 e. The van der Waals surface area contributed by atoms with Gasteiger partial charge in [-0.1, -0.05) is 0 Å². The Balaban J connectivity index is 1.63. The molecule has 3 heterocycles. The van der Waals surface area contributed by atoms with Crippen molar-refractivity contribution >= 4 is 5.91 Å². The van der Waals surface area contributed by atoms with Crippen molar-refractivity contribution in [3.63, 3.8) is 0 Å². The van der Waals surface area contributed by atoms with Gasteiger partial charge in [-0.15, -0.1) is 0 Å². The Morgan fingerprint density at radius 2 is 1.96 bits per heavy atom. The van der Waals surface area contributed by atoms with E-state index in [4.69, 9.17) is 9.47 Å². The maximum absolute atomic E-state index is 12.7. The van der Waals surface area contributed by atoms with Crippen molar-refractivity contribution in [1.82, 2.24) is 14.8 Å². The van der Waals surface area contributed by atoms with Gasteiger partial charge in [0.25, 0.3) is 5.91 Å². The molecule has 0 aromatic carbocycles. The third-order valence-corrected chi connectivity index (χ3v) is 5.84. The number of likely N-dealkylation sites (tertiary alicyclic amines) is 2. The maximum Gasteiger partial charge on any atom is 0.253 e. The second-order valence-electron chi connectivity index (χ2n) is 7.27. The van der Waals surface area contributed by atoms with Gasteiger partial charge < -0.3 is 19.3 Å². The van der Waals surface area contributed by atoms with Crippen LogP contribution in [-0.4, -0.2) is 80.8 Å². The summed E-state index contributed by atoms with van der Waals surface area (Å²) in [4.78, 5) is 21.1. The second-order valence-corrected chi connectivity index (χ2v) is 7.27. The molecule has 0 bridgehead atoms. The van der Waals surface area contributed by atoms with E-state index in [2.05, 4.69) is 9.88 Å². The number of amides is 1. The summed E-state index contributed by atoms with van der Waals surface area (Å²) in [5.74, 6) is 0.655. The zero-order valence-corrected chi connectivity index (χ0v) is 15.3. The van der Waals surface area contributed by atoms with Crippen LogP contribution in [0.4, 0.5) is 0 Å². The van der Waals surface area contributed by atoms with Crippen molar-refractivity contribution in [2.24, 2.45) is 11.3 Å². The van der Waals surface area contributed by atoms with Crippen LogP contribution in [0.2, 0.25) is 0 Å². The van der Waals surface area contributed by atoms with E-state index in [1.165, 1.54) is 0 Å². The van der Waals surface area contributed by atoms with Crippen molar-refractivity contribution in [3.05, 3.63) is 30.1 Å². The number of pyridine rings is 1. The molecule has 1 amide bonds. The molecule has 0 saturated carbocycles. The Morgan fingerprint density at radius 3 is 2.60 bits per heavy atom. The van der Waals surface area contributed by atoms with Crippen LogP contribution in [0.15, 0.2) is 24.5 Å². The van der Waals surface area contributed by atoms with Crippen LogP contribution in [0.3, 0.4) is 0 Å². The molecule has 6 nitrogen and oxygen atoms in total. The van der Waals surface area contributed by atoms with E-state index < -0.39 is 0 Å². The molecule has 1 unspecified atom stereocenters. The zero-order chi connectivity index (χ0) is 17.7. The quantitative estimate of drug-likeness (QED) is 0.781. The molecular formula is C19H29N3O3. The summed E-state index contributed by atoms with van der Waals surface area (Å²) in [6, 6.07) is 3.59. The first kappa shape index (κ1) is 18.3. The van der Waals surface area contributed by atoms with Crippen molar-refractivity contribution in [2.75, 3.05) is 60.2 Å². The normalized spacial score (nSPS) is 23.3. The summed E-state index contributed by atoms with van der Waals surface area (Å²) < 4.78 is 10.7. The second kappa shape index (κ2) is 8.25. The van der Waals surface area contributed by atoms with E-state index in [0.717, 1.165) is 64.3 Å². The summed E-state index contributed by atoms with van der Waals surface area (Å²) in [5.41, 5.74) is 0.992. The lowest BCUT2D eigenvalue weighted by Gasteiger charge is -2.42. The SMILES string of the molecule is COCCN1CC(COC)C2(CCN(C(=O)c3ccncc3)CC2)C1. The predicted octanol–water partition coefficient (Wildman–Crippen LogP) is 1.53. The van der Waals surface area contributed by atoms with Crippen molar-refractivity contribution in [3.8, 4) is 0 Å². The van der Waals surface area contributed by atoms with E-state index in [1.807, 2.05) is 4.90 Å². The van der Waals surface area contributed by atoms with Gasteiger partial charge in [0.1, 0.15) is 0 Å². The molecule has 2 saturated heterocycles. The third kappa shape index (κ3) is 4.02. The molecule has 6 heteroatoms. The van der Waals surface area contributed by atoms with E-state index in [1.54, 1.807) is 38.7 Å². The highest BCUT2D eigenvalue weighted by Gasteiger charge is 2.48. The van der Waals surface area contributed by atoms with Crippen LogP contribution < -0.4 is 0 Å². The minimum Gasteiger partial charge on any atom is -0.384 e. The molecule has 138 valence electrons. The van der Waals surface area contributed by atoms with Gasteiger partial charge in [-0.2, -0.15) is 0 Å². The molecule has 3 rings (SSSR count). The number of hydrogen-bond donors (Lipinski definition) is 0. The average molecular weight is 347 g/mol. The number of piperidine rings is 1. The summed E-state index contributed by atoms with van der Waals surface area (Å²) in [6.07, 6.45) is 5.44. The fraction of sp³-hybridized carbons (Fsp3) is 0.684. The van der Waals surface area contributed by atoms with Crippen molar-refractivity contribution in [2.45, 2.75) is 12.8 Å². The molecule has 0 radical (unpaired) electrons. The maximum atomic E-state index is 12.7. The number of rotatable bonds is 6. The van der Waals surface area contributed by atoms with E-state index in [-0.39, 0.29) is 11.3 Å². The van der Waals surface area contributed by atoms with E-state index >= 15 is 0 Å². The molecule has 2 aliphatic heterocycles. The van der Waals surface area contributed by atoms with E-state index in [0.29, 0.717) is 5.92 Å². The van der Waals surface area contributed by atoms with Gasteiger partial charge >= 0.3 is 0 Å². The van der Waals surface area contributed by atoms with Crippen molar-refractivity contribution < 1.29 is 14.3 Å². The lowest BCUT2D eigenvalue weighted by atomic mass is 9.71. The van der Waals surface area contributed by atoms with Gasteiger partial charge in [-0.25, -0.2) is 0 Å². The summed E-state index contributed by atoms with van der Waals surface area (Å²) in [7, 11) is 3.54. The molecule has 2 aliphatic rings. The molecular weight excluding hydrogens is 318 g/mol. The molecule has 2 fully saturated rings. The van der Waals surface area contributed by atoms with Crippen LogP contribution in [0.25, 0.3) is 0 Å². The Hall–Kier alpha value is -1.50. The van der Waals surface area contributed by atoms with Gasteiger partial charge in [-0.3, -0.25) is 9.78 Å². The van der Waals surface area contributed by atoms with Gasteiger partial charge in [0.2, 0.25) is 0 Å². The number of carbonyl (C=O) groups excluding carboxylic acids is 1. The number of aromatic nitrogens is 1. The van der Waals surface area contributed by atoms with Gasteiger partial charge in [0, 0.05) is 70.8 Å². The Bertz CT molecular complexity index is 558. The van der Waals surface area contributed by atoms with Gasteiger partial charge in [0.05, 0.1) is 13.2 Å². The number of ether oxygens (including phenoxy) is 2. The number of nitrogens with zero attached hydrogens (tertiary/aromatic N) is 3. The fourth-order valence-corrected chi connectivity index (χ4v) is 4.36. The van der Waals surface area contributed by atoms with Crippen LogP contribution in [0.1, 0.15) is 23.2 Å². The Morgan fingerprint density at radius 1 is 1.24 bits per heavy atom. The summed E-state index contributed by atoms with van der Waals surface area (Å²) >= 11 is 0. The van der Waals surface area contributed by atoms with Crippen LogP contribution in [-0.2, 0) is 9.47 Å². The van der Waals surface area contributed by atoms with Gasteiger partial charge in [0.15, 0.2) is 0 Å². The standard InChI is InChI=1S/C19H29N3O3/c1-24-12-11-21-13-17(14-25-2)19(15-21)5-9-22(10-6-19)18(23)16-3-7-20-8-4-16/h3-4,7-8,17H,5-6,9-15H2,1-2H3.